The summed E-state index contributed by atoms with van der Waals surface area (Å²) in [6, 6.07) is 16.3. The molecule has 2 rings (SSSR count). The van der Waals surface area contributed by atoms with Crippen molar-refractivity contribution in [3.8, 4) is 16.9 Å². The van der Waals surface area contributed by atoms with E-state index >= 15 is 0 Å². The molecule has 0 heterocycles. The average molecular weight is 218 g/mol. The second kappa shape index (κ2) is 4.37. The normalized spacial score (nSPS) is 10.0. The SMILES string of the molecule is COc1ccc(-c2cc[c]cc2Cl)cc1. The van der Waals surface area contributed by atoms with Crippen LogP contribution in [-0.4, -0.2) is 7.11 Å². The highest BCUT2D eigenvalue weighted by atomic mass is 35.5. The molecule has 0 unspecified atom stereocenters. The second-order valence-electron chi connectivity index (χ2n) is 3.13. The van der Waals surface area contributed by atoms with E-state index in [0.717, 1.165) is 16.9 Å². The Morgan fingerprint density at radius 1 is 1.13 bits per heavy atom. The molecule has 75 valence electrons. The summed E-state index contributed by atoms with van der Waals surface area (Å²) in [4.78, 5) is 0. The zero-order chi connectivity index (χ0) is 10.7. The fraction of sp³-hybridized carbons (Fsp3) is 0.0769. The van der Waals surface area contributed by atoms with Crippen LogP contribution < -0.4 is 4.74 Å². The number of rotatable bonds is 2. The Morgan fingerprint density at radius 3 is 2.47 bits per heavy atom. The largest absolute Gasteiger partial charge is 0.497 e. The standard InChI is InChI=1S/C13H10ClO/c1-15-11-8-6-10(7-9-11)12-4-2-3-5-13(12)14/h2,4-9H,1H3. The van der Waals surface area contributed by atoms with Gasteiger partial charge in [-0.2, -0.15) is 0 Å². The summed E-state index contributed by atoms with van der Waals surface area (Å²) in [6.07, 6.45) is 0. The van der Waals surface area contributed by atoms with Crippen molar-refractivity contribution in [2.45, 2.75) is 0 Å². The molecule has 15 heavy (non-hydrogen) atoms. The Balaban J connectivity index is 2.42. The van der Waals surface area contributed by atoms with Crippen LogP contribution in [0.2, 0.25) is 5.02 Å². The fourth-order valence-corrected chi connectivity index (χ4v) is 1.65. The Kier molecular flexibility index (Phi) is 2.93. The van der Waals surface area contributed by atoms with E-state index in [2.05, 4.69) is 6.07 Å². The fourth-order valence-electron chi connectivity index (χ4n) is 1.41. The molecule has 2 heteroatoms. The number of hydrogen-bond donors (Lipinski definition) is 0. The highest BCUT2D eigenvalue weighted by Crippen LogP contribution is 2.28. The molecule has 0 saturated carbocycles. The van der Waals surface area contributed by atoms with Crippen LogP contribution in [0.3, 0.4) is 0 Å². The molecule has 0 aliphatic heterocycles. The molecular formula is C13H10ClO. The molecule has 0 atom stereocenters. The van der Waals surface area contributed by atoms with Gasteiger partial charge in [0, 0.05) is 10.6 Å². The minimum atomic E-state index is 0.711. The molecule has 0 saturated heterocycles. The molecule has 0 amide bonds. The van der Waals surface area contributed by atoms with Crippen LogP contribution in [0.25, 0.3) is 11.1 Å². The molecule has 0 bridgehead atoms. The van der Waals surface area contributed by atoms with Gasteiger partial charge in [0.15, 0.2) is 0 Å². The molecule has 0 aromatic heterocycles. The molecule has 2 aromatic carbocycles. The average Bonchev–Trinajstić information content (AvgIpc) is 2.30. The third kappa shape index (κ3) is 2.13. The molecule has 1 radical (unpaired) electrons. The number of benzene rings is 2. The molecule has 0 aliphatic rings. The number of halogens is 1. The van der Waals surface area contributed by atoms with Gasteiger partial charge in [-0.05, 0) is 29.8 Å². The summed E-state index contributed by atoms with van der Waals surface area (Å²) < 4.78 is 5.10. The summed E-state index contributed by atoms with van der Waals surface area (Å²) in [5.41, 5.74) is 2.09. The van der Waals surface area contributed by atoms with Crippen LogP contribution in [0, 0.1) is 6.07 Å². The zero-order valence-corrected chi connectivity index (χ0v) is 9.08. The van der Waals surface area contributed by atoms with Gasteiger partial charge in [0.25, 0.3) is 0 Å². The lowest BCUT2D eigenvalue weighted by atomic mass is 10.1. The topological polar surface area (TPSA) is 9.23 Å². The van der Waals surface area contributed by atoms with Crippen molar-refractivity contribution in [2.75, 3.05) is 7.11 Å². The van der Waals surface area contributed by atoms with E-state index in [1.807, 2.05) is 36.4 Å². The Bertz CT molecular complexity index is 448. The van der Waals surface area contributed by atoms with E-state index < -0.39 is 0 Å². The van der Waals surface area contributed by atoms with Crippen LogP contribution in [-0.2, 0) is 0 Å². The lowest BCUT2D eigenvalue weighted by Crippen LogP contribution is -1.83. The van der Waals surface area contributed by atoms with Crippen LogP contribution in [0.1, 0.15) is 0 Å². The summed E-state index contributed by atoms with van der Waals surface area (Å²) >= 11 is 6.07. The van der Waals surface area contributed by atoms with Gasteiger partial charge in [0.1, 0.15) is 5.75 Å². The molecular weight excluding hydrogens is 208 g/mol. The first-order valence-electron chi connectivity index (χ1n) is 4.61. The predicted molar refractivity (Wildman–Crippen MR) is 62.3 cm³/mol. The maximum absolute atomic E-state index is 6.07. The van der Waals surface area contributed by atoms with Crippen LogP contribution >= 0.6 is 11.6 Å². The van der Waals surface area contributed by atoms with Gasteiger partial charge in [-0.3, -0.25) is 0 Å². The first kappa shape index (κ1) is 10.1. The van der Waals surface area contributed by atoms with Crippen molar-refractivity contribution in [1.29, 1.82) is 0 Å². The monoisotopic (exact) mass is 217 g/mol. The van der Waals surface area contributed by atoms with Crippen LogP contribution in [0.4, 0.5) is 0 Å². The van der Waals surface area contributed by atoms with Gasteiger partial charge in [-0.1, -0.05) is 35.9 Å². The number of hydrogen-bond acceptors (Lipinski definition) is 1. The first-order chi connectivity index (χ1) is 7.31. The van der Waals surface area contributed by atoms with Crippen molar-refractivity contribution < 1.29 is 4.74 Å². The smallest absolute Gasteiger partial charge is 0.118 e. The van der Waals surface area contributed by atoms with E-state index in [1.165, 1.54) is 0 Å². The van der Waals surface area contributed by atoms with Gasteiger partial charge >= 0.3 is 0 Å². The van der Waals surface area contributed by atoms with E-state index in [0.29, 0.717) is 5.02 Å². The van der Waals surface area contributed by atoms with E-state index in [4.69, 9.17) is 16.3 Å². The van der Waals surface area contributed by atoms with Crippen molar-refractivity contribution in [3.05, 3.63) is 53.6 Å². The number of ether oxygens (including phenoxy) is 1. The summed E-state index contributed by atoms with van der Waals surface area (Å²) in [5, 5.41) is 0.711. The lowest BCUT2D eigenvalue weighted by molar-refractivity contribution is 0.415. The highest BCUT2D eigenvalue weighted by Gasteiger charge is 2.01. The second-order valence-corrected chi connectivity index (χ2v) is 3.54. The maximum atomic E-state index is 6.07. The van der Waals surface area contributed by atoms with Gasteiger partial charge in [-0.15, -0.1) is 0 Å². The third-order valence-corrected chi connectivity index (χ3v) is 2.53. The first-order valence-corrected chi connectivity index (χ1v) is 4.99. The van der Waals surface area contributed by atoms with E-state index in [1.54, 1.807) is 13.2 Å². The minimum absolute atomic E-state index is 0.711. The van der Waals surface area contributed by atoms with Crippen LogP contribution in [0.5, 0.6) is 5.75 Å². The molecule has 2 aromatic rings. The Morgan fingerprint density at radius 2 is 1.87 bits per heavy atom. The Hall–Kier alpha value is -1.47. The predicted octanol–water partition coefficient (Wildman–Crippen LogP) is 3.82. The highest BCUT2D eigenvalue weighted by molar-refractivity contribution is 6.33. The minimum Gasteiger partial charge on any atom is -0.497 e. The molecule has 0 spiro atoms. The maximum Gasteiger partial charge on any atom is 0.118 e. The zero-order valence-electron chi connectivity index (χ0n) is 8.33. The van der Waals surface area contributed by atoms with E-state index in [9.17, 15) is 0 Å². The molecule has 0 fully saturated rings. The van der Waals surface area contributed by atoms with Gasteiger partial charge in [0.05, 0.1) is 7.11 Å². The summed E-state index contributed by atoms with van der Waals surface area (Å²) in [7, 11) is 1.65. The lowest BCUT2D eigenvalue weighted by Gasteiger charge is -2.05. The van der Waals surface area contributed by atoms with Crippen LogP contribution in [0.15, 0.2) is 42.5 Å². The third-order valence-electron chi connectivity index (χ3n) is 2.21. The van der Waals surface area contributed by atoms with Crippen molar-refractivity contribution >= 4 is 11.6 Å². The molecule has 0 aliphatic carbocycles. The van der Waals surface area contributed by atoms with Gasteiger partial charge < -0.3 is 4.74 Å². The summed E-state index contributed by atoms with van der Waals surface area (Å²) in [5.74, 6) is 0.845. The van der Waals surface area contributed by atoms with Gasteiger partial charge in [-0.25, -0.2) is 0 Å². The van der Waals surface area contributed by atoms with Crippen molar-refractivity contribution in [3.63, 3.8) is 0 Å². The molecule has 0 N–H and O–H groups in total. The Labute approximate surface area is 94.3 Å². The van der Waals surface area contributed by atoms with Crippen molar-refractivity contribution in [1.82, 2.24) is 0 Å². The van der Waals surface area contributed by atoms with Gasteiger partial charge in [0.2, 0.25) is 0 Å². The molecule has 1 nitrogen and oxygen atoms in total. The van der Waals surface area contributed by atoms with E-state index in [-0.39, 0.29) is 0 Å². The number of methoxy groups -OCH3 is 1. The van der Waals surface area contributed by atoms with Crippen molar-refractivity contribution in [2.24, 2.45) is 0 Å². The summed E-state index contributed by atoms with van der Waals surface area (Å²) in [6.45, 7) is 0. The quantitative estimate of drug-likeness (QED) is 0.743.